The zero-order valence-electron chi connectivity index (χ0n) is 24.3. The number of hydrogen-bond donors (Lipinski definition) is 4. The fourth-order valence-electron chi connectivity index (χ4n) is 4.05. The minimum Gasteiger partial charge on any atom is -0.467 e. The summed E-state index contributed by atoms with van der Waals surface area (Å²) < 4.78 is 40.8. The van der Waals surface area contributed by atoms with Gasteiger partial charge in [0.25, 0.3) is 5.91 Å². The van der Waals surface area contributed by atoms with Gasteiger partial charge >= 0.3 is 18.0 Å². The number of aliphatic hydroxyl groups is 1. The molecule has 0 aromatic heterocycles. The Bertz CT molecular complexity index is 1180. The maximum Gasteiger partial charge on any atom is 0.407 e. The lowest BCUT2D eigenvalue weighted by Gasteiger charge is -2.31. The van der Waals surface area contributed by atoms with Gasteiger partial charge in [0.2, 0.25) is 5.91 Å². The van der Waals surface area contributed by atoms with Crippen LogP contribution in [0.25, 0.3) is 0 Å². The van der Waals surface area contributed by atoms with Crippen molar-refractivity contribution in [2.24, 2.45) is 11.8 Å². The van der Waals surface area contributed by atoms with Crippen LogP contribution in [-0.2, 0) is 36.9 Å². The van der Waals surface area contributed by atoms with Gasteiger partial charge in [0.05, 0.1) is 13.2 Å². The van der Waals surface area contributed by atoms with Crippen LogP contribution in [0.3, 0.4) is 0 Å². The van der Waals surface area contributed by atoms with Crippen molar-refractivity contribution in [3.05, 3.63) is 71.8 Å². The molecule has 0 spiro atoms. The number of ether oxygens (including phenoxy) is 2. The van der Waals surface area contributed by atoms with Crippen molar-refractivity contribution in [2.45, 2.75) is 70.9 Å². The molecule has 42 heavy (non-hydrogen) atoms. The lowest BCUT2D eigenvalue weighted by molar-refractivity contribution is -0.168. The average molecular weight is 592 g/mol. The number of esters is 1. The molecule has 0 fully saturated rings. The summed E-state index contributed by atoms with van der Waals surface area (Å²) in [6.45, 7) is 6.19. The molecule has 2 aromatic rings. The van der Waals surface area contributed by atoms with E-state index in [0.717, 1.165) is 7.11 Å². The quantitative estimate of drug-likeness (QED) is 0.248. The number of carbonyl (C=O) groups is 4. The molecule has 0 saturated carbocycles. The van der Waals surface area contributed by atoms with E-state index in [2.05, 4.69) is 10.6 Å². The summed E-state index contributed by atoms with van der Waals surface area (Å²) >= 11 is 0. The molecule has 4 N–H and O–H groups in total. The Morgan fingerprint density at radius 1 is 0.810 bits per heavy atom. The first-order chi connectivity index (χ1) is 19.8. The summed E-state index contributed by atoms with van der Waals surface area (Å²) in [5.74, 6) is -9.05. The molecule has 0 aliphatic carbocycles. The molecule has 0 saturated heterocycles. The van der Waals surface area contributed by atoms with Gasteiger partial charge in [-0.05, 0) is 29.4 Å². The zero-order chi connectivity index (χ0) is 31.4. The first kappa shape index (κ1) is 34.1. The molecule has 0 bridgehead atoms. The lowest BCUT2D eigenvalue weighted by atomic mass is 9.95. The number of hydrogen-bond acceptors (Lipinski definition) is 7. The number of benzene rings is 2. The number of alkyl carbamates (subject to hydrolysis) is 1. The third-order valence-corrected chi connectivity index (χ3v) is 6.53. The number of aliphatic hydroxyl groups excluding tert-OH is 1. The van der Waals surface area contributed by atoms with Gasteiger partial charge in [-0.1, -0.05) is 88.4 Å². The Labute approximate surface area is 244 Å². The zero-order valence-corrected chi connectivity index (χ0v) is 24.3. The predicted molar refractivity (Wildman–Crippen MR) is 150 cm³/mol. The number of methoxy groups -OCH3 is 1. The highest BCUT2D eigenvalue weighted by atomic mass is 19.3. The molecule has 2 unspecified atom stereocenters. The molecule has 2 rings (SSSR count). The Kier molecular flexibility index (Phi) is 12.9. The van der Waals surface area contributed by atoms with Crippen LogP contribution in [0, 0.1) is 11.8 Å². The van der Waals surface area contributed by atoms with Gasteiger partial charge in [0.1, 0.15) is 24.8 Å². The smallest absolute Gasteiger partial charge is 0.407 e. The van der Waals surface area contributed by atoms with E-state index in [1.54, 1.807) is 74.5 Å². The van der Waals surface area contributed by atoms with Crippen LogP contribution in [0.2, 0.25) is 0 Å². The topological polar surface area (TPSA) is 143 Å². The van der Waals surface area contributed by atoms with E-state index < -0.39 is 59.9 Å². The molecular formula is C30H39F2N3O7. The first-order valence-electron chi connectivity index (χ1n) is 13.5. The fraction of sp³-hybridized carbons (Fsp3) is 0.467. The Hall–Kier alpha value is -4.06. The number of carbonyl (C=O) groups excluding carboxylic acids is 4. The number of nitrogens with one attached hydrogen (secondary N) is 3. The molecule has 4 atom stereocenters. The molecule has 0 aliphatic heterocycles. The van der Waals surface area contributed by atoms with Gasteiger partial charge in [-0.2, -0.15) is 8.78 Å². The second kappa shape index (κ2) is 15.8. The van der Waals surface area contributed by atoms with Gasteiger partial charge in [-0.25, -0.2) is 9.59 Å². The highest BCUT2D eigenvalue weighted by Crippen LogP contribution is 2.25. The number of alkyl halides is 2. The summed E-state index contributed by atoms with van der Waals surface area (Å²) in [6, 6.07) is 12.7. The molecule has 3 amide bonds. The van der Waals surface area contributed by atoms with Crippen LogP contribution in [0.5, 0.6) is 0 Å². The van der Waals surface area contributed by atoms with Gasteiger partial charge < -0.3 is 30.5 Å². The van der Waals surface area contributed by atoms with Crippen LogP contribution in [0.15, 0.2) is 60.7 Å². The van der Waals surface area contributed by atoms with E-state index in [9.17, 15) is 24.3 Å². The third kappa shape index (κ3) is 9.79. The number of halogens is 2. The SMILES string of the molecule is COC(=O)C(NC(=O)C(NC(=O)C(F)(F)[C@H](O)[C@H](Cc1ccccc1)NC(=O)OCc1ccccc1)C(C)C)C(C)C. The molecule has 0 radical (unpaired) electrons. The van der Waals surface area contributed by atoms with Crippen molar-refractivity contribution >= 4 is 23.9 Å². The average Bonchev–Trinajstić information content (AvgIpc) is 2.96. The van der Waals surface area contributed by atoms with Crippen LogP contribution >= 0.6 is 0 Å². The van der Waals surface area contributed by atoms with Crippen LogP contribution < -0.4 is 16.0 Å². The van der Waals surface area contributed by atoms with E-state index in [1.807, 2.05) is 5.32 Å². The maximum atomic E-state index is 15.5. The van der Waals surface area contributed by atoms with Crippen molar-refractivity contribution in [2.75, 3.05) is 7.11 Å². The number of rotatable bonds is 14. The van der Waals surface area contributed by atoms with Gasteiger partial charge in [0.15, 0.2) is 0 Å². The van der Waals surface area contributed by atoms with Crippen LogP contribution in [-0.4, -0.2) is 66.2 Å². The summed E-state index contributed by atoms with van der Waals surface area (Å²) in [6.07, 6.45) is -4.03. The normalized spacial score (nSPS) is 14.3. The lowest BCUT2D eigenvalue weighted by Crippen LogP contribution is -2.62. The first-order valence-corrected chi connectivity index (χ1v) is 13.5. The maximum absolute atomic E-state index is 15.5. The van der Waals surface area contributed by atoms with Crippen molar-refractivity contribution in [3.8, 4) is 0 Å². The Balaban J connectivity index is 2.22. The molecule has 230 valence electrons. The van der Waals surface area contributed by atoms with E-state index in [-0.39, 0.29) is 18.9 Å². The summed E-state index contributed by atoms with van der Waals surface area (Å²) in [7, 11) is 1.14. The van der Waals surface area contributed by atoms with E-state index in [0.29, 0.717) is 11.1 Å². The van der Waals surface area contributed by atoms with Gasteiger partial charge in [0, 0.05) is 0 Å². The van der Waals surface area contributed by atoms with Crippen LogP contribution in [0.1, 0.15) is 38.8 Å². The summed E-state index contributed by atoms with van der Waals surface area (Å²) in [5.41, 5.74) is 1.16. The minimum atomic E-state index is -4.45. The summed E-state index contributed by atoms with van der Waals surface area (Å²) in [5, 5.41) is 17.5. The molecule has 0 aliphatic rings. The second-order valence-electron chi connectivity index (χ2n) is 10.5. The van der Waals surface area contributed by atoms with Crippen LogP contribution in [0.4, 0.5) is 13.6 Å². The molecule has 12 heteroatoms. The highest BCUT2D eigenvalue weighted by Gasteiger charge is 2.51. The van der Waals surface area contributed by atoms with E-state index >= 15 is 8.78 Å². The fourth-order valence-corrected chi connectivity index (χ4v) is 4.05. The molecule has 10 nitrogen and oxygen atoms in total. The standard InChI is InChI=1S/C30H39F2N3O7/c1-18(2)23(26(37)34-24(19(3)4)27(38)41-5)35-28(39)30(31,32)25(36)22(16-20-12-8-6-9-13-20)33-29(40)42-17-21-14-10-7-11-15-21/h6-15,18-19,22-25,36H,16-17H2,1-5H3,(H,33,40)(H,34,37)(H,35,39)/t22-,23?,24?,25+/m0/s1. The van der Waals surface area contributed by atoms with Crippen molar-refractivity contribution in [1.29, 1.82) is 0 Å². The minimum absolute atomic E-state index is 0.147. The molecule has 2 aromatic carbocycles. The number of amides is 3. The van der Waals surface area contributed by atoms with Crippen molar-refractivity contribution in [1.82, 2.24) is 16.0 Å². The van der Waals surface area contributed by atoms with Gasteiger partial charge in [-0.15, -0.1) is 0 Å². The predicted octanol–water partition coefficient (Wildman–Crippen LogP) is 2.97. The second-order valence-corrected chi connectivity index (χ2v) is 10.5. The van der Waals surface area contributed by atoms with Gasteiger partial charge in [-0.3, -0.25) is 9.59 Å². The monoisotopic (exact) mass is 591 g/mol. The van der Waals surface area contributed by atoms with Crippen molar-refractivity contribution < 1.29 is 42.5 Å². The molecule has 0 heterocycles. The Morgan fingerprint density at radius 2 is 1.33 bits per heavy atom. The largest absolute Gasteiger partial charge is 0.467 e. The third-order valence-electron chi connectivity index (χ3n) is 6.53. The van der Waals surface area contributed by atoms with E-state index in [1.165, 1.54) is 13.8 Å². The van der Waals surface area contributed by atoms with E-state index in [4.69, 9.17) is 9.47 Å². The van der Waals surface area contributed by atoms with Crippen molar-refractivity contribution in [3.63, 3.8) is 0 Å². The Morgan fingerprint density at radius 3 is 1.83 bits per heavy atom. The molecular weight excluding hydrogens is 552 g/mol. The summed E-state index contributed by atoms with van der Waals surface area (Å²) in [4.78, 5) is 50.4. The highest BCUT2D eigenvalue weighted by molar-refractivity contribution is 5.93.